The van der Waals surface area contributed by atoms with Gasteiger partial charge in [-0.25, -0.2) is 9.97 Å². The van der Waals surface area contributed by atoms with E-state index in [-0.39, 0.29) is 5.78 Å². The summed E-state index contributed by atoms with van der Waals surface area (Å²) >= 11 is 1.55. The second-order valence-corrected chi connectivity index (χ2v) is 7.61. The van der Waals surface area contributed by atoms with Crippen molar-refractivity contribution in [3.05, 3.63) is 82.1 Å². The Kier molecular flexibility index (Phi) is 5.89. The number of aryl methyl sites for hydroxylation is 1. The van der Waals surface area contributed by atoms with E-state index in [9.17, 15) is 4.79 Å². The van der Waals surface area contributed by atoms with Crippen molar-refractivity contribution in [1.29, 1.82) is 0 Å². The van der Waals surface area contributed by atoms with Gasteiger partial charge in [0.2, 0.25) is 0 Å². The number of para-hydroxylation sites is 2. The maximum atomic E-state index is 12.3. The summed E-state index contributed by atoms with van der Waals surface area (Å²) in [6, 6.07) is 18.1. The standard InChI is InChI=1S/C22H22N4OS/c27-20(11-10-16-6-2-1-3-7-16)19-15-28-22(26-19)12-13-23-14-21-24-17-8-4-5-9-18(17)25-21/h1-9,15,23H,10-14H2,(H,24,25). The van der Waals surface area contributed by atoms with Gasteiger partial charge in [-0.3, -0.25) is 4.79 Å². The predicted molar refractivity (Wildman–Crippen MR) is 113 cm³/mol. The van der Waals surface area contributed by atoms with Crippen LogP contribution < -0.4 is 5.32 Å². The summed E-state index contributed by atoms with van der Waals surface area (Å²) in [5.74, 6) is 1.04. The Balaban J connectivity index is 1.22. The van der Waals surface area contributed by atoms with Crippen molar-refractivity contribution in [3.63, 3.8) is 0 Å². The number of rotatable bonds is 9. The molecule has 0 unspecified atom stereocenters. The molecule has 0 saturated carbocycles. The minimum atomic E-state index is 0.113. The van der Waals surface area contributed by atoms with Gasteiger partial charge in [0.25, 0.3) is 0 Å². The number of Topliss-reactive ketones (excluding diaryl/α,β-unsaturated/α-hetero) is 1. The smallest absolute Gasteiger partial charge is 0.182 e. The molecule has 0 spiro atoms. The number of imidazole rings is 1. The zero-order valence-corrected chi connectivity index (χ0v) is 16.3. The highest BCUT2D eigenvalue weighted by Crippen LogP contribution is 2.14. The van der Waals surface area contributed by atoms with Crippen LogP contribution in [0.1, 0.15) is 33.3 Å². The number of ketones is 1. The van der Waals surface area contributed by atoms with Gasteiger partial charge < -0.3 is 10.3 Å². The quantitative estimate of drug-likeness (QED) is 0.332. The number of nitrogens with one attached hydrogen (secondary N) is 2. The normalized spacial score (nSPS) is 11.1. The van der Waals surface area contributed by atoms with Crippen molar-refractivity contribution in [3.8, 4) is 0 Å². The molecule has 142 valence electrons. The van der Waals surface area contributed by atoms with E-state index in [1.54, 1.807) is 11.3 Å². The van der Waals surface area contributed by atoms with Crippen LogP contribution in [0.3, 0.4) is 0 Å². The number of aromatic nitrogens is 3. The molecule has 0 aliphatic rings. The van der Waals surface area contributed by atoms with Crippen LogP contribution in [-0.2, 0) is 19.4 Å². The first-order valence-corrected chi connectivity index (χ1v) is 10.3. The van der Waals surface area contributed by atoms with Gasteiger partial charge in [0.15, 0.2) is 5.78 Å². The fourth-order valence-corrected chi connectivity index (χ4v) is 3.88. The number of H-pyrrole nitrogens is 1. The zero-order chi connectivity index (χ0) is 19.2. The third-order valence-corrected chi connectivity index (χ3v) is 5.48. The van der Waals surface area contributed by atoms with E-state index in [1.165, 1.54) is 5.56 Å². The fraction of sp³-hybridized carbons (Fsp3) is 0.227. The lowest BCUT2D eigenvalue weighted by Crippen LogP contribution is -2.17. The molecule has 0 aliphatic carbocycles. The van der Waals surface area contributed by atoms with Gasteiger partial charge in [0.1, 0.15) is 11.5 Å². The summed E-state index contributed by atoms with van der Waals surface area (Å²) in [7, 11) is 0. The highest BCUT2D eigenvalue weighted by atomic mass is 32.1. The molecule has 0 amide bonds. The van der Waals surface area contributed by atoms with E-state index in [4.69, 9.17) is 0 Å². The first-order valence-electron chi connectivity index (χ1n) is 9.44. The fourth-order valence-electron chi connectivity index (χ4n) is 3.08. The van der Waals surface area contributed by atoms with Crippen LogP contribution in [0.25, 0.3) is 11.0 Å². The minimum absolute atomic E-state index is 0.113. The monoisotopic (exact) mass is 390 g/mol. The molecular formula is C22H22N4OS. The summed E-state index contributed by atoms with van der Waals surface area (Å²) in [5.41, 5.74) is 3.81. The van der Waals surface area contributed by atoms with E-state index < -0.39 is 0 Å². The van der Waals surface area contributed by atoms with Crippen molar-refractivity contribution in [2.45, 2.75) is 25.8 Å². The maximum Gasteiger partial charge on any atom is 0.182 e. The second kappa shape index (κ2) is 8.91. The van der Waals surface area contributed by atoms with Gasteiger partial charge in [-0.2, -0.15) is 0 Å². The van der Waals surface area contributed by atoms with E-state index in [1.807, 2.05) is 60.0 Å². The van der Waals surface area contributed by atoms with Crippen LogP contribution in [0, 0.1) is 0 Å². The van der Waals surface area contributed by atoms with Crippen LogP contribution in [0.4, 0.5) is 0 Å². The lowest BCUT2D eigenvalue weighted by Gasteiger charge is -2.01. The van der Waals surface area contributed by atoms with Gasteiger partial charge >= 0.3 is 0 Å². The first kappa shape index (κ1) is 18.5. The van der Waals surface area contributed by atoms with Crippen LogP contribution in [-0.4, -0.2) is 27.3 Å². The molecule has 4 aromatic rings. The lowest BCUT2D eigenvalue weighted by atomic mass is 10.1. The Morgan fingerprint density at radius 3 is 2.68 bits per heavy atom. The van der Waals surface area contributed by atoms with E-state index >= 15 is 0 Å². The highest BCUT2D eigenvalue weighted by Gasteiger charge is 2.11. The predicted octanol–water partition coefficient (Wildman–Crippen LogP) is 4.17. The summed E-state index contributed by atoms with van der Waals surface area (Å²) < 4.78 is 0. The second-order valence-electron chi connectivity index (χ2n) is 6.66. The van der Waals surface area contributed by atoms with Crippen molar-refractivity contribution in [1.82, 2.24) is 20.3 Å². The number of nitrogens with zero attached hydrogens (tertiary/aromatic N) is 2. The molecule has 0 bridgehead atoms. The van der Waals surface area contributed by atoms with E-state index in [2.05, 4.69) is 20.3 Å². The van der Waals surface area contributed by atoms with Crippen molar-refractivity contribution in [2.75, 3.05) is 6.54 Å². The molecule has 2 aromatic heterocycles. The molecule has 6 heteroatoms. The first-order chi connectivity index (χ1) is 13.8. The Labute approximate surface area is 167 Å². The molecule has 5 nitrogen and oxygen atoms in total. The molecular weight excluding hydrogens is 368 g/mol. The minimum Gasteiger partial charge on any atom is -0.341 e. The molecule has 4 rings (SSSR count). The molecule has 0 atom stereocenters. The largest absolute Gasteiger partial charge is 0.341 e. The molecule has 0 radical (unpaired) electrons. The Morgan fingerprint density at radius 1 is 1.00 bits per heavy atom. The topological polar surface area (TPSA) is 70.7 Å². The third-order valence-electron chi connectivity index (χ3n) is 4.57. The van der Waals surface area contributed by atoms with Crippen LogP contribution in [0.5, 0.6) is 0 Å². The highest BCUT2D eigenvalue weighted by molar-refractivity contribution is 7.09. The molecule has 2 N–H and O–H groups in total. The Morgan fingerprint density at radius 2 is 1.82 bits per heavy atom. The van der Waals surface area contributed by atoms with E-state index in [0.717, 1.165) is 41.3 Å². The Bertz CT molecular complexity index is 1020. The van der Waals surface area contributed by atoms with Crippen LogP contribution >= 0.6 is 11.3 Å². The molecule has 0 aliphatic heterocycles. The molecule has 28 heavy (non-hydrogen) atoms. The van der Waals surface area contributed by atoms with Gasteiger partial charge in [-0.15, -0.1) is 11.3 Å². The number of benzene rings is 2. The van der Waals surface area contributed by atoms with Crippen molar-refractivity contribution in [2.24, 2.45) is 0 Å². The number of hydrogen-bond donors (Lipinski definition) is 2. The Hall–Kier alpha value is -2.83. The molecule has 2 heterocycles. The third kappa shape index (κ3) is 4.71. The molecule has 2 aromatic carbocycles. The SMILES string of the molecule is O=C(CCc1ccccc1)c1csc(CCNCc2nc3ccccc3[nH]2)n1. The van der Waals surface area contributed by atoms with Crippen molar-refractivity contribution < 1.29 is 4.79 Å². The van der Waals surface area contributed by atoms with Crippen LogP contribution in [0.15, 0.2) is 60.0 Å². The van der Waals surface area contributed by atoms with Crippen molar-refractivity contribution >= 4 is 28.2 Å². The molecule has 0 fully saturated rings. The average Bonchev–Trinajstić information content (AvgIpc) is 3.37. The summed E-state index contributed by atoms with van der Waals surface area (Å²) in [4.78, 5) is 24.7. The van der Waals surface area contributed by atoms with Gasteiger partial charge in [-0.1, -0.05) is 42.5 Å². The number of carbonyl (C=O) groups is 1. The van der Waals surface area contributed by atoms with Gasteiger partial charge in [-0.05, 0) is 24.1 Å². The number of fused-ring (bicyclic) bond motifs is 1. The van der Waals surface area contributed by atoms with E-state index in [0.29, 0.717) is 18.7 Å². The number of carbonyl (C=O) groups excluding carboxylic acids is 1. The summed E-state index contributed by atoms with van der Waals surface area (Å²) in [5, 5.41) is 6.25. The summed E-state index contributed by atoms with van der Waals surface area (Å²) in [6.45, 7) is 1.48. The van der Waals surface area contributed by atoms with Crippen LogP contribution in [0.2, 0.25) is 0 Å². The summed E-state index contributed by atoms with van der Waals surface area (Å²) in [6.07, 6.45) is 2.06. The van der Waals surface area contributed by atoms with Gasteiger partial charge in [0, 0.05) is 24.8 Å². The number of thiazole rings is 1. The van der Waals surface area contributed by atoms with Gasteiger partial charge in [0.05, 0.1) is 22.6 Å². The average molecular weight is 391 g/mol. The maximum absolute atomic E-state index is 12.3. The number of hydrogen-bond acceptors (Lipinski definition) is 5. The lowest BCUT2D eigenvalue weighted by molar-refractivity contribution is 0.0978. The molecule has 0 saturated heterocycles. The number of aromatic amines is 1. The zero-order valence-electron chi connectivity index (χ0n) is 15.5.